The van der Waals surface area contributed by atoms with Gasteiger partial charge in [-0.2, -0.15) is 0 Å². The molecule has 0 amide bonds. The van der Waals surface area contributed by atoms with Gasteiger partial charge in [0.1, 0.15) is 12.2 Å². The van der Waals surface area contributed by atoms with Gasteiger partial charge in [0.15, 0.2) is 11.6 Å². The predicted octanol–water partition coefficient (Wildman–Crippen LogP) is 0.181. The van der Waals surface area contributed by atoms with E-state index in [0.717, 1.165) is 0 Å². The summed E-state index contributed by atoms with van der Waals surface area (Å²) in [5, 5.41) is 3.20. The summed E-state index contributed by atoms with van der Waals surface area (Å²) in [6, 6.07) is 0.0178. The van der Waals surface area contributed by atoms with Crippen LogP contribution in [0.1, 0.15) is 27.7 Å². The lowest BCUT2D eigenvalue weighted by atomic mass is 10.0. The maximum absolute atomic E-state index is 5.89. The summed E-state index contributed by atoms with van der Waals surface area (Å²) < 4.78 is 28.6. The first-order valence-electron chi connectivity index (χ1n) is 6.73. The number of hydrogen-bond donors (Lipinski definition) is 1. The third-order valence-corrected chi connectivity index (χ3v) is 3.67. The van der Waals surface area contributed by atoms with Crippen LogP contribution in [0.15, 0.2) is 0 Å². The molecule has 107 valence electrons. The lowest BCUT2D eigenvalue weighted by Gasteiger charge is -2.29. The first-order chi connectivity index (χ1) is 8.86. The lowest BCUT2D eigenvalue weighted by Crippen LogP contribution is -2.49. The van der Waals surface area contributed by atoms with E-state index in [2.05, 4.69) is 5.23 Å². The van der Waals surface area contributed by atoms with Gasteiger partial charge in [0.25, 0.3) is 0 Å². The molecule has 0 aromatic rings. The Morgan fingerprint density at radius 2 is 1.53 bits per heavy atom. The van der Waals surface area contributed by atoms with Gasteiger partial charge in [-0.3, -0.25) is 0 Å². The molecular weight excluding hydrogens is 249 g/mol. The molecule has 0 aliphatic carbocycles. The van der Waals surface area contributed by atoms with Gasteiger partial charge in [-0.1, -0.05) is 0 Å². The van der Waals surface area contributed by atoms with Gasteiger partial charge in [0.2, 0.25) is 0 Å². The summed E-state index contributed by atoms with van der Waals surface area (Å²) in [7, 11) is 1.61. The first-order valence-corrected chi connectivity index (χ1v) is 6.73. The number of nitrogens with one attached hydrogen (secondary N) is 1. The molecule has 3 rings (SSSR count). The summed E-state index contributed by atoms with van der Waals surface area (Å²) in [4.78, 5) is 0. The van der Waals surface area contributed by atoms with Crippen LogP contribution in [-0.4, -0.2) is 56.8 Å². The van der Waals surface area contributed by atoms with Crippen LogP contribution in [0.25, 0.3) is 0 Å². The minimum absolute atomic E-state index is 0.0178. The van der Waals surface area contributed by atoms with Crippen molar-refractivity contribution in [2.45, 2.75) is 63.6 Å². The Kier molecular flexibility index (Phi) is 3.40. The van der Waals surface area contributed by atoms with Gasteiger partial charge < -0.3 is 28.8 Å². The van der Waals surface area contributed by atoms with Crippen LogP contribution in [0.2, 0.25) is 0 Å². The van der Waals surface area contributed by atoms with Crippen LogP contribution < -0.4 is 5.23 Å². The highest BCUT2D eigenvalue weighted by atomic mass is 16.8. The molecule has 3 fully saturated rings. The summed E-state index contributed by atoms with van der Waals surface area (Å²) in [6.45, 7) is 8.73. The largest absolute Gasteiger partial charge is 0.417 e. The van der Waals surface area contributed by atoms with Crippen molar-refractivity contribution in [3.05, 3.63) is 0 Å². The number of ether oxygens (including phenoxy) is 4. The maximum Gasteiger partial charge on any atom is 0.396 e. The van der Waals surface area contributed by atoms with Crippen molar-refractivity contribution in [2.75, 3.05) is 13.2 Å². The third kappa shape index (κ3) is 2.81. The molecule has 3 saturated heterocycles. The molecule has 4 atom stereocenters. The Morgan fingerprint density at radius 1 is 0.947 bits per heavy atom. The zero-order chi connectivity index (χ0) is 13.7. The van der Waals surface area contributed by atoms with Crippen molar-refractivity contribution < 1.29 is 23.6 Å². The van der Waals surface area contributed by atoms with Gasteiger partial charge in [-0.15, -0.1) is 0 Å². The van der Waals surface area contributed by atoms with E-state index in [1.807, 2.05) is 27.7 Å². The molecule has 0 aromatic carbocycles. The van der Waals surface area contributed by atoms with Crippen LogP contribution in [0.3, 0.4) is 0 Å². The molecular formula is C12H21BNO5. The molecule has 0 bridgehead atoms. The highest BCUT2D eigenvalue weighted by Crippen LogP contribution is 2.32. The number of rotatable bonds is 2. The molecule has 6 nitrogen and oxygen atoms in total. The van der Waals surface area contributed by atoms with Gasteiger partial charge in [-0.25, -0.2) is 0 Å². The highest BCUT2D eigenvalue weighted by Gasteiger charge is 2.49. The predicted molar refractivity (Wildman–Crippen MR) is 67.4 cm³/mol. The van der Waals surface area contributed by atoms with E-state index in [0.29, 0.717) is 13.2 Å². The van der Waals surface area contributed by atoms with Crippen LogP contribution in [0, 0.1) is 0 Å². The van der Waals surface area contributed by atoms with Crippen LogP contribution in [-0.2, 0) is 23.6 Å². The normalized spacial score (nSPS) is 44.4. The average molecular weight is 270 g/mol. The summed E-state index contributed by atoms with van der Waals surface area (Å²) in [6.07, 6.45) is -0.270. The van der Waals surface area contributed by atoms with Gasteiger partial charge in [0, 0.05) is 0 Å². The maximum atomic E-state index is 5.89. The van der Waals surface area contributed by atoms with Gasteiger partial charge in [-0.05, 0) is 27.7 Å². The molecule has 0 aromatic heterocycles. The summed E-state index contributed by atoms with van der Waals surface area (Å²) >= 11 is 0. The molecule has 19 heavy (non-hydrogen) atoms. The van der Waals surface area contributed by atoms with E-state index in [1.165, 1.54) is 0 Å². The molecule has 2 unspecified atom stereocenters. The molecule has 3 aliphatic heterocycles. The molecule has 7 heteroatoms. The topological polar surface area (TPSA) is 58.2 Å². The van der Waals surface area contributed by atoms with Crippen molar-refractivity contribution in [3.63, 3.8) is 0 Å². The second-order valence-corrected chi connectivity index (χ2v) is 6.15. The van der Waals surface area contributed by atoms with Crippen LogP contribution >= 0.6 is 0 Å². The Hall–Kier alpha value is -0.175. The molecule has 1 N–H and O–H groups in total. The molecule has 3 heterocycles. The fourth-order valence-electron chi connectivity index (χ4n) is 2.78. The zero-order valence-corrected chi connectivity index (χ0v) is 11.8. The van der Waals surface area contributed by atoms with Crippen molar-refractivity contribution in [3.8, 4) is 0 Å². The molecule has 0 saturated carbocycles. The summed E-state index contributed by atoms with van der Waals surface area (Å²) in [5.74, 6) is -1.08. The van der Waals surface area contributed by atoms with E-state index in [9.17, 15) is 0 Å². The molecule has 3 aliphatic rings. The van der Waals surface area contributed by atoms with Crippen molar-refractivity contribution in [1.82, 2.24) is 5.23 Å². The standard InChI is InChI=1S/C12H21BNO5/c1-11(2)15-5-7(17-11)9-10(19-13-14-9)8-6-16-12(3,4)18-8/h7-10,14H,5-6H2,1-4H3/t7?,8?,9-,10+/m0/s1. The smallest absolute Gasteiger partial charge is 0.396 e. The monoisotopic (exact) mass is 270 g/mol. The molecule has 0 spiro atoms. The van der Waals surface area contributed by atoms with E-state index >= 15 is 0 Å². The quantitative estimate of drug-likeness (QED) is 0.722. The van der Waals surface area contributed by atoms with E-state index in [4.69, 9.17) is 23.6 Å². The average Bonchev–Trinajstić information content (AvgIpc) is 2.96. The van der Waals surface area contributed by atoms with E-state index in [-0.39, 0.29) is 24.4 Å². The fourth-order valence-corrected chi connectivity index (χ4v) is 2.78. The second-order valence-electron chi connectivity index (χ2n) is 6.15. The third-order valence-electron chi connectivity index (χ3n) is 3.67. The van der Waals surface area contributed by atoms with Crippen LogP contribution in [0.4, 0.5) is 0 Å². The van der Waals surface area contributed by atoms with Crippen molar-refractivity contribution in [2.24, 2.45) is 0 Å². The molecule has 1 radical (unpaired) electrons. The minimum atomic E-state index is -0.548. The highest BCUT2D eigenvalue weighted by molar-refractivity contribution is 6.24. The Labute approximate surface area is 114 Å². The number of hydrogen-bond acceptors (Lipinski definition) is 6. The van der Waals surface area contributed by atoms with E-state index in [1.54, 1.807) is 7.62 Å². The Balaban J connectivity index is 1.66. The van der Waals surface area contributed by atoms with E-state index < -0.39 is 11.6 Å². The second kappa shape index (κ2) is 4.68. The minimum Gasteiger partial charge on any atom is -0.417 e. The zero-order valence-electron chi connectivity index (χ0n) is 11.8. The fraction of sp³-hybridized carbons (Fsp3) is 1.00. The van der Waals surface area contributed by atoms with Crippen molar-refractivity contribution >= 4 is 7.62 Å². The Bertz CT molecular complexity index is 319. The summed E-state index contributed by atoms with van der Waals surface area (Å²) in [5.41, 5.74) is 0. The SMILES string of the molecule is CC1(C)OCC([C@H]2O[B]N[C@H]2C2COC(C)(C)O2)O1. The van der Waals surface area contributed by atoms with Crippen molar-refractivity contribution in [1.29, 1.82) is 0 Å². The van der Waals surface area contributed by atoms with Crippen LogP contribution in [0.5, 0.6) is 0 Å². The Morgan fingerprint density at radius 3 is 2.05 bits per heavy atom. The first kappa shape index (κ1) is 13.8. The van der Waals surface area contributed by atoms with Gasteiger partial charge in [0.05, 0.1) is 25.4 Å². The van der Waals surface area contributed by atoms with Gasteiger partial charge >= 0.3 is 7.62 Å². The lowest BCUT2D eigenvalue weighted by molar-refractivity contribution is -0.158.